The molecule has 146 valence electrons. The summed E-state index contributed by atoms with van der Waals surface area (Å²) in [6.07, 6.45) is -3.43. The molecule has 0 aliphatic carbocycles. The number of hydrogen-bond donors (Lipinski definition) is 2. The summed E-state index contributed by atoms with van der Waals surface area (Å²) in [7, 11) is -4.26. The molecule has 5 nitrogen and oxygen atoms in total. The topological polar surface area (TPSA) is 101 Å². The first-order valence-electron chi connectivity index (χ1n) is 6.83. The lowest BCUT2D eigenvalue weighted by Gasteiger charge is -2.08. The molecule has 0 bridgehead atoms. The van der Waals surface area contributed by atoms with Crippen LogP contribution in [-0.2, 0) is 16.3 Å². The number of alkyl halides is 3. The second-order valence-corrected chi connectivity index (χ2v) is 7.04. The van der Waals surface area contributed by atoms with Gasteiger partial charge in [0, 0.05) is 10.6 Å². The molecule has 0 atom stereocenters. The Hall–Kier alpha value is -2.07. The third kappa shape index (κ3) is 8.44. The molecule has 0 amide bonds. The van der Waals surface area contributed by atoms with Crippen LogP contribution in [0.4, 0.5) is 13.2 Å². The molecule has 0 fully saturated rings. The summed E-state index contributed by atoms with van der Waals surface area (Å²) in [5.74, 6) is -0.799. The van der Waals surface area contributed by atoms with Crippen LogP contribution in [0.25, 0.3) is 6.08 Å². The summed E-state index contributed by atoms with van der Waals surface area (Å²) in [5, 5.41) is 18.5. The zero-order valence-electron chi connectivity index (χ0n) is 13.2. The molecule has 0 saturated heterocycles. The van der Waals surface area contributed by atoms with E-state index in [-0.39, 0.29) is 16.1 Å². The first-order valence-corrected chi connectivity index (χ1v) is 9.09. The Morgan fingerprint density at radius 1 is 1.11 bits per heavy atom. The molecule has 0 aliphatic heterocycles. The normalized spacial score (nSPS) is 11.8. The Kier molecular flexibility index (Phi) is 7.85. The number of hydrogen-bond acceptors (Lipinski definition) is 4. The Labute approximate surface area is 162 Å². The largest absolute Gasteiger partial charge is 0.859 e. The van der Waals surface area contributed by atoms with Crippen molar-refractivity contribution in [1.29, 1.82) is 5.41 Å². The highest BCUT2D eigenvalue weighted by Gasteiger charge is 2.29. The molecule has 0 radical (unpaired) electrons. The average Bonchev–Trinajstić information content (AvgIpc) is 2.52. The van der Waals surface area contributed by atoms with Gasteiger partial charge in [-0.25, -0.2) is 0 Å². The van der Waals surface area contributed by atoms with Crippen LogP contribution >= 0.6 is 23.2 Å². The number of halogens is 5. The summed E-state index contributed by atoms with van der Waals surface area (Å²) >= 11 is 11.2. The molecular weight excluding hydrogens is 430 g/mol. The van der Waals surface area contributed by atoms with Gasteiger partial charge in [0.15, 0.2) is 0 Å². The standard InChI is InChI=1S/C9H7F3O3S.C7H5Cl2NO/c10-9(11,12)8-3-1-7(2-4-8)5-6-16(13,14)15;8-4-1-2-5(7(10)11)6(9)3-4/h1-6H,(H,13,14,15);1-3H,(H2,10,11)/p-1/b6-5+;. The van der Waals surface area contributed by atoms with Gasteiger partial charge in [0.25, 0.3) is 10.1 Å². The van der Waals surface area contributed by atoms with E-state index < -0.39 is 27.8 Å². The Bertz CT molecular complexity index is 943. The van der Waals surface area contributed by atoms with Crippen molar-refractivity contribution in [2.24, 2.45) is 0 Å². The third-order valence-corrected chi connectivity index (χ3v) is 3.87. The van der Waals surface area contributed by atoms with Crippen molar-refractivity contribution in [3.05, 3.63) is 74.6 Å². The Morgan fingerprint density at radius 3 is 2.07 bits per heavy atom. The zero-order valence-corrected chi connectivity index (χ0v) is 15.5. The Morgan fingerprint density at radius 2 is 1.67 bits per heavy atom. The predicted molar refractivity (Wildman–Crippen MR) is 95.3 cm³/mol. The van der Waals surface area contributed by atoms with E-state index in [9.17, 15) is 26.7 Å². The highest BCUT2D eigenvalue weighted by molar-refractivity contribution is 7.88. The lowest BCUT2D eigenvalue weighted by molar-refractivity contribution is -0.214. The minimum atomic E-state index is -4.43. The fraction of sp³-hybridized carbons (Fsp3) is 0.0625. The maximum absolute atomic E-state index is 12.1. The molecule has 0 aromatic heterocycles. The number of benzene rings is 2. The van der Waals surface area contributed by atoms with Crippen LogP contribution in [0.5, 0.6) is 0 Å². The first kappa shape index (κ1) is 23.0. The van der Waals surface area contributed by atoms with Gasteiger partial charge in [-0.1, -0.05) is 41.4 Å². The van der Waals surface area contributed by atoms with Crippen LogP contribution < -0.4 is 5.11 Å². The molecule has 2 aromatic carbocycles. The second-order valence-electron chi connectivity index (χ2n) is 4.89. The summed E-state index contributed by atoms with van der Waals surface area (Å²) in [5.41, 5.74) is -0.404. The minimum Gasteiger partial charge on any atom is -0.859 e. The molecular formula is C16H11Cl2F3NO4S-. The van der Waals surface area contributed by atoms with E-state index in [1.807, 2.05) is 0 Å². The van der Waals surface area contributed by atoms with Crippen LogP contribution in [0.1, 0.15) is 16.7 Å². The fourth-order valence-corrected chi connectivity index (χ4v) is 2.44. The Balaban J connectivity index is 0.000000289. The van der Waals surface area contributed by atoms with Crippen molar-refractivity contribution in [2.75, 3.05) is 0 Å². The summed E-state index contributed by atoms with van der Waals surface area (Å²) < 4.78 is 65.4. The van der Waals surface area contributed by atoms with E-state index in [1.54, 1.807) is 0 Å². The summed E-state index contributed by atoms with van der Waals surface area (Å²) in [6, 6.07) is 8.24. The van der Waals surface area contributed by atoms with Gasteiger partial charge in [-0.2, -0.15) is 21.6 Å². The molecule has 2 aromatic rings. The smallest absolute Gasteiger partial charge is 0.416 e. The fourth-order valence-electron chi connectivity index (χ4n) is 1.62. The van der Waals surface area contributed by atoms with Gasteiger partial charge in [-0.05, 0) is 41.8 Å². The van der Waals surface area contributed by atoms with Crippen molar-refractivity contribution in [2.45, 2.75) is 6.18 Å². The van der Waals surface area contributed by atoms with Gasteiger partial charge in [0.05, 0.1) is 16.0 Å². The van der Waals surface area contributed by atoms with Crippen LogP contribution in [0.15, 0.2) is 47.9 Å². The molecule has 2 rings (SSSR count). The molecule has 0 aliphatic rings. The van der Waals surface area contributed by atoms with E-state index in [2.05, 4.69) is 0 Å². The molecule has 2 N–H and O–H groups in total. The van der Waals surface area contributed by atoms with Gasteiger partial charge in [0.1, 0.15) is 0 Å². The van der Waals surface area contributed by atoms with Crippen LogP contribution in [0.3, 0.4) is 0 Å². The zero-order chi connectivity index (χ0) is 20.8. The molecule has 11 heteroatoms. The average molecular weight is 441 g/mol. The third-order valence-electron chi connectivity index (χ3n) is 2.85. The van der Waals surface area contributed by atoms with Gasteiger partial charge >= 0.3 is 6.18 Å². The molecule has 0 heterocycles. The highest BCUT2D eigenvalue weighted by atomic mass is 35.5. The van der Waals surface area contributed by atoms with Crippen molar-refractivity contribution < 1.29 is 31.2 Å². The van der Waals surface area contributed by atoms with Gasteiger partial charge in [0.2, 0.25) is 0 Å². The summed E-state index contributed by atoms with van der Waals surface area (Å²) in [6.45, 7) is 0. The minimum absolute atomic E-state index is 0.177. The van der Waals surface area contributed by atoms with Crippen molar-refractivity contribution in [3.8, 4) is 0 Å². The van der Waals surface area contributed by atoms with Gasteiger partial charge in [-0.15, -0.1) is 0 Å². The van der Waals surface area contributed by atoms with Gasteiger partial charge in [-0.3, -0.25) is 4.55 Å². The van der Waals surface area contributed by atoms with E-state index >= 15 is 0 Å². The maximum Gasteiger partial charge on any atom is 0.416 e. The maximum atomic E-state index is 12.1. The lowest BCUT2D eigenvalue weighted by Crippen LogP contribution is -2.17. The van der Waals surface area contributed by atoms with Crippen LogP contribution in [0, 0.1) is 5.41 Å². The number of nitrogens with one attached hydrogen (secondary N) is 1. The molecule has 0 spiro atoms. The predicted octanol–water partition coefficient (Wildman–Crippen LogP) is 4.24. The van der Waals surface area contributed by atoms with Crippen LogP contribution in [-0.4, -0.2) is 18.9 Å². The number of rotatable bonds is 3. The highest BCUT2D eigenvalue weighted by Crippen LogP contribution is 2.29. The van der Waals surface area contributed by atoms with E-state index in [0.29, 0.717) is 10.4 Å². The quantitative estimate of drug-likeness (QED) is 0.423. The van der Waals surface area contributed by atoms with Gasteiger partial charge < -0.3 is 10.5 Å². The lowest BCUT2D eigenvalue weighted by atomic mass is 10.1. The van der Waals surface area contributed by atoms with Crippen LogP contribution in [0.2, 0.25) is 10.0 Å². The molecule has 0 unspecified atom stereocenters. The van der Waals surface area contributed by atoms with Crippen molar-refractivity contribution in [3.63, 3.8) is 0 Å². The van der Waals surface area contributed by atoms with E-state index in [0.717, 1.165) is 30.3 Å². The summed E-state index contributed by atoms with van der Waals surface area (Å²) in [4.78, 5) is 0. The van der Waals surface area contributed by atoms with Crippen molar-refractivity contribution >= 4 is 45.3 Å². The van der Waals surface area contributed by atoms with Crippen molar-refractivity contribution in [1.82, 2.24) is 0 Å². The second kappa shape index (κ2) is 9.23. The first-order chi connectivity index (χ1) is 12.3. The molecule has 0 saturated carbocycles. The van der Waals surface area contributed by atoms with E-state index in [4.69, 9.17) is 33.2 Å². The SMILES string of the molecule is N=C([O-])c1ccc(Cl)cc1Cl.O=S(=O)(O)/C=C/c1ccc(C(F)(F)F)cc1. The monoisotopic (exact) mass is 440 g/mol. The molecule has 27 heavy (non-hydrogen) atoms. The van der Waals surface area contributed by atoms with E-state index in [1.165, 1.54) is 18.2 Å².